The van der Waals surface area contributed by atoms with Gasteiger partial charge in [0.15, 0.2) is 0 Å². The number of likely N-dealkylation sites (N-methyl/N-ethyl adjacent to an activating group) is 1. The van der Waals surface area contributed by atoms with E-state index in [9.17, 15) is 0 Å². The van der Waals surface area contributed by atoms with E-state index in [1.165, 1.54) is 24.9 Å². The highest BCUT2D eigenvalue weighted by molar-refractivity contribution is 5.23. The van der Waals surface area contributed by atoms with E-state index in [4.69, 9.17) is 5.73 Å². The molecule has 2 atom stereocenters. The van der Waals surface area contributed by atoms with Crippen LogP contribution in [-0.2, 0) is 5.54 Å². The molecule has 1 aliphatic rings. The Morgan fingerprint density at radius 1 is 1.25 bits per heavy atom. The van der Waals surface area contributed by atoms with Crippen LogP contribution in [0.15, 0.2) is 30.3 Å². The van der Waals surface area contributed by atoms with Gasteiger partial charge in [-0.1, -0.05) is 37.3 Å². The maximum absolute atomic E-state index is 6.62. The predicted octanol–water partition coefficient (Wildman–Crippen LogP) is 2.28. The van der Waals surface area contributed by atoms with E-state index < -0.39 is 0 Å². The maximum Gasteiger partial charge on any atom is 0.0510 e. The second kappa shape index (κ2) is 6.70. The lowest BCUT2D eigenvalue weighted by molar-refractivity contribution is 0.150. The molecule has 0 aromatic heterocycles. The number of rotatable bonds is 4. The van der Waals surface area contributed by atoms with E-state index in [2.05, 4.69) is 61.0 Å². The summed E-state index contributed by atoms with van der Waals surface area (Å²) < 4.78 is 0. The van der Waals surface area contributed by atoms with Crippen molar-refractivity contribution < 1.29 is 0 Å². The number of hydrogen-bond acceptors (Lipinski definition) is 3. The SMILES string of the molecule is CCC1CN(C)CCCN1CC(C)(N)c1ccccc1. The molecule has 1 aromatic carbocycles. The van der Waals surface area contributed by atoms with Gasteiger partial charge in [0.05, 0.1) is 5.54 Å². The van der Waals surface area contributed by atoms with Crippen LogP contribution in [0, 0.1) is 0 Å². The number of benzene rings is 1. The van der Waals surface area contributed by atoms with Crippen molar-refractivity contribution in [2.75, 3.05) is 33.2 Å². The second-order valence-electron chi connectivity index (χ2n) is 6.43. The number of nitrogens with two attached hydrogens (primary N) is 1. The first-order valence-electron chi connectivity index (χ1n) is 7.80. The van der Waals surface area contributed by atoms with Crippen molar-refractivity contribution in [2.45, 2.75) is 38.3 Å². The predicted molar refractivity (Wildman–Crippen MR) is 85.7 cm³/mol. The van der Waals surface area contributed by atoms with Crippen molar-refractivity contribution in [3.05, 3.63) is 35.9 Å². The quantitative estimate of drug-likeness (QED) is 0.915. The molecule has 2 N–H and O–H groups in total. The summed E-state index contributed by atoms with van der Waals surface area (Å²) in [6.07, 6.45) is 2.42. The Balaban J connectivity index is 2.10. The second-order valence-corrected chi connectivity index (χ2v) is 6.43. The molecule has 1 fully saturated rings. The van der Waals surface area contributed by atoms with Crippen LogP contribution in [0.3, 0.4) is 0 Å². The lowest BCUT2D eigenvalue weighted by Gasteiger charge is -2.37. The van der Waals surface area contributed by atoms with Crippen LogP contribution in [0.4, 0.5) is 0 Å². The largest absolute Gasteiger partial charge is 0.321 e. The van der Waals surface area contributed by atoms with Gasteiger partial charge < -0.3 is 10.6 Å². The molecule has 2 unspecified atom stereocenters. The van der Waals surface area contributed by atoms with Gasteiger partial charge in [0.2, 0.25) is 0 Å². The van der Waals surface area contributed by atoms with E-state index in [0.717, 1.165) is 19.6 Å². The maximum atomic E-state index is 6.62. The van der Waals surface area contributed by atoms with Gasteiger partial charge in [0.1, 0.15) is 0 Å². The fourth-order valence-corrected chi connectivity index (χ4v) is 3.22. The third kappa shape index (κ3) is 3.81. The Morgan fingerprint density at radius 2 is 1.95 bits per heavy atom. The number of nitrogens with zero attached hydrogens (tertiary/aromatic N) is 2. The molecular weight excluding hydrogens is 246 g/mol. The minimum absolute atomic E-state index is 0.280. The summed E-state index contributed by atoms with van der Waals surface area (Å²) in [6.45, 7) is 8.88. The van der Waals surface area contributed by atoms with Crippen LogP contribution in [0.5, 0.6) is 0 Å². The van der Waals surface area contributed by atoms with Gasteiger partial charge in [-0.3, -0.25) is 4.90 Å². The smallest absolute Gasteiger partial charge is 0.0510 e. The summed E-state index contributed by atoms with van der Waals surface area (Å²) in [5.74, 6) is 0. The third-order valence-corrected chi connectivity index (χ3v) is 4.46. The lowest BCUT2D eigenvalue weighted by Crippen LogP contribution is -2.50. The molecule has 1 heterocycles. The van der Waals surface area contributed by atoms with Crippen molar-refractivity contribution in [3.63, 3.8) is 0 Å². The zero-order valence-corrected chi connectivity index (χ0v) is 13.2. The molecule has 20 heavy (non-hydrogen) atoms. The summed E-state index contributed by atoms with van der Waals surface area (Å²) in [7, 11) is 2.23. The van der Waals surface area contributed by atoms with Gasteiger partial charge in [0, 0.05) is 19.1 Å². The normalized spacial score (nSPS) is 25.1. The minimum Gasteiger partial charge on any atom is -0.321 e. The Hall–Kier alpha value is -0.900. The average Bonchev–Trinajstić information content (AvgIpc) is 2.61. The molecule has 0 spiro atoms. The molecule has 1 aromatic rings. The van der Waals surface area contributed by atoms with Crippen LogP contribution in [-0.4, -0.2) is 49.1 Å². The monoisotopic (exact) mass is 275 g/mol. The van der Waals surface area contributed by atoms with Gasteiger partial charge in [-0.05, 0) is 45.5 Å². The van der Waals surface area contributed by atoms with Crippen molar-refractivity contribution in [3.8, 4) is 0 Å². The van der Waals surface area contributed by atoms with E-state index in [0.29, 0.717) is 6.04 Å². The zero-order valence-electron chi connectivity index (χ0n) is 13.2. The molecule has 2 rings (SSSR count). The Labute approximate surface area is 123 Å². The van der Waals surface area contributed by atoms with E-state index >= 15 is 0 Å². The Bertz CT molecular complexity index is 402. The first kappa shape index (κ1) is 15.5. The van der Waals surface area contributed by atoms with Gasteiger partial charge in [-0.15, -0.1) is 0 Å². The fourth-order valence-electron chi connectivity index (χ4n) is 3.22. The summed E-state index contributed by atoms with van der Waals surface area (Å²) in [6, 6.07) is 11.1. The fraction of sp³-hybridized carbons (Fsp3) is 0.647. The molecule has 0 amide bonds. The molecular formula is C17H29N3. The summed E-state index contributed by atoms with van der Waals surface area (Å²) in [5.41, 5.74) is 7.57. The van der Waals surface area contributed by atoms with Crippen molar-refractivity contribution in [1.82, 2.24) is 9.80 Å². The number of hydrogen-bond donors (Lipinski definition) is 1. The molecule has 3 heteroatoms. The van der Waals surface area contributed by atoms with Crippen LogP contribution in [0.25, 0.3) is 0 Å². The summed E-state index contributed by atoms with van der Waals surface area (Å²) in [5, 5.41) is 0. The molecule has 1 aliphatic heterocycles. The Kier molecular flexibility index (Phi) is 5.19. The topological polar surface area (TPSA) is 32.5 Å². The van der Waals surface area contributed by atoms with Crippen LogP contribution in [0.1, 0.15) is 32.3 Å². The molecule has 0 bridgehead atoms. The standard InChI is InChI=1S/C17H29N3/c1-4-16-13-19(3)11-8-12-20(16)14-17(2,18)15-9-6-5-7-10-15/h5-7,9-10,16H,4,8,11-14,18H2,1-3H3. The highest BCUT2D eigenvalue weighted by Crippen LogP contribution is 2.22. The van der Waals surface area contributed by atoms with Gasteiger partial charge in [-0.2, -0.15) is 0 Å². The van der Waals surface area contributed by atoms with Gasteiger partial charge in [0.25, 0.3) is 0 Å². The minimum atomic E-state index is -0.280. The Morgan fingerprint density at radius 3 is 2.60 bits per heavy atom. The molecule has 0 radical (unpaired) electrons. The van der Waals surface area contributed by atoms with Gasteiger partial charge in [-0.25, -0.2) is 0 Å². The highest BCUT2D eigenvalue weighted by Gasteiger charge is 2.29. The van der Waals surface area contributed by atoms with E-state index in [1.807, 2.05) is 0 Å². The summed E-state index contributed by atoms with van der Waals surface area (Å²) >= 11 is 0. The molecule has 0 aliphatic carbocycles. The van der Waals surface area contributed by atoms with Crippen LogP contribution in [0.2, 0.25) is 0 Å². The van der Waals surface area contributed by atoms with E-state index in [1.54, 1.807) is 0 Å². The van der Waals surface area contributed by atoms with Crippen molar-refractivity contribution in [1.29, 1.82) is 0 Å². The summed E-state index contributed by atoms with van der Waals surface area (Å²) in [4.78, 5) is 5.04. The molecule has 0 saturated carbocycles. The highest BCUT2D eigenvalue weighted by atomic mass is 15.2. The van der Waals surface area contributed by atoms with Crippen LogP contribution >= 0.6 is 0 Å². The first-order valence-corrected chi connectivity index (χ1v) is 7.80. The van der Waals surface area contributed by atoms with Crippen molar-refractivity contribution >= 4 is 0 Å². The third-order valence-electron chi connectivity index (χ3n) is 4.46. The average molecular weight is 275 g/mol. The van der Waals surface area contributed by atoms with Crippen molar-refractivity contribution in [2.24, 2.45) is 5.73 Å². The molecule has 3 nitrogen and oxygen atoms in total. The van der Waals surface area contributed by atoms with Crippen LogP contribution < -0.4 is 5.73 Å². The molecule has 1 saturated heterocycles. The zero-order chi connectivity index (χ0) is 14.6. The van der Waals surface area contributed by atoms with Gasteiger partial charge >= 0.3 is 0 Å². The van der Waals surface area contributed by atoms with E-state index in [-0.39, 0.29) is 5.54 Å². The lowest BCUT2D eigenvalue weighted by atomic mass is 9.92. The first-order chi connectivity index (χ1) is 9.53. The molecule has 112 valence electrons.